The van der Waals surface area contributed by atoms with Gasteiger partial charge in [0.15, 0.2) is 0 Å². The van der Waals surface area contributed by atoms with Gasteiger partial charge in [0.05, 0.1) is 0 Å². The van der Waals surface area contributed by atoms with E-state index in [0.29, 0.717) is 32.0 Å². The number of halogens is 3. The number of carbonyl (C=O) groups is 2. The highest BCUT2D eigenvalue weighted by Gasteiger charge is 2.32. The quantitative estimate of drug-likeness (QED) is 0.794. The van der Waals surface area contributed by atoms with Crippen molar-refractivity contribution in [3.8, 4) is 0 Å². The van der Waals surface area contributed by atoms with Gasteiger partial charge in [-0.05, 0) is 25.0 Å². The van der Waals surface area contributed by atoms with Crippen LogP contribution in [0.4, 0.5) is 13.2 Å². The van der Waals surface area contributed by atoms with Gasteiger partial charge in [-0.3, -0.25) is 14.4 Å². The molecule has 0 aromatic carbocycles. The number of nitrogens with one attached hydrogen (secondary N) is 2. The molecule has 1 aliphatic heterocycles. The Kier molecular flexibility index (Phi) is 5.07. The van der Waals surface area contributed by atoms with Crippen LogP contribution < -0.4 is 10.9 Å². The number of hydrogen-bond donors (Lipinski definition) is 2. The number of alkyl halides is 3. The lowest BCUT2D eigenvalue weighted by atomic mass is 10.2. The molecule has 126 valence electrons. The van der Waals surface area contributed by atoms with Crippen LogP contribution in [0.25, 0.3) is 0 Å². The van der Waals surface area contributed by atoms with Crippen molar-refractivity contribution in [2.75, 3.05) is 19.6 Å². The summed E-state index contributed by atoms with van der Waals surface area (Å²) in [6.07, 6.45) is -2.80. The van der Waals surface area contributed by atoms with Crippen LogP contribution >= 0.6 is 0 Å². The fourth-order valence-corrected chi connectivity index (χ4v) is 2.33. The molecule has 0 radical (unpaired) electrons. The molecule has 0 spiro atoms. The van der Waals surface area contributed by atoms with Gasteiger partial charge in [-0.2, -0.15) is 13.2 Å². The Balaban J connectivity index is 1.86. The van der Waals surface area contributed by atoms with E-state index < -0.39 is 23.3 Å². The minimum atomic E-state index is -4.67. The monoisotopic (exact) mass is 331 g/mol. The highest BCUT2D eigenvalue weighted by molar-refractivity contribution is 5.93. The first-order chi connectivity index (χ1) is 10.8. The highest BCUT2D eigenvalue weighted by Crippen LogP contribution is 2.26. The Hall–Kier alpha value is -2.32. The molecule has 0 unspecified atom stereocenters. The molecule has 2 rings (SSSR count). The van der Waals surface area contributed by atoms with Crippen LogP contribution in [-0.4, -0.2) is 41.3 Å². The van der Waals surface area contributed by atoms with Gasteiger partial charge in [-0.15, -0.1) is 0 Å². The topological polar surface area (TPSA) is 82.3 Å². The number of rotatable bonds is 5. The number of H-pyrrole nitrogens is 1. The average Bonchev–Trinajstić information content (AvgIpc) is 2.87. The molecule has 0 saturated carbocycles. The summed E-state index contributed by atoms with van der Waals surface area (Å²) in [6, 6.07) is 1.50. The van der Waals surface area contributed by atoms with Crippen LogP contribution in [-0.2, 0) is 11.0 Å². The Bertz CT molecular complexity index is 655. The van der Waals surface area contributed by atoms with Crippen LogP contribution in [0.3, 0.4) is 0 Å². The normalized spacial score (nSPS) is 15.1. The molecular weight excluding hydrogens is 315 g/mol. The molecule has 2 heterocycles. The summed E-state index contributed by atoms with van der Waals surface area (Å²) in [5, 5.41) is 2.46. The average molecular weight is 331 g/mol. The Morgan fingerprint density at radius 2 is 2.04 bits per heavy atom. The molecule has 6 nitrogen and oxygen atoms in total. The van der Waals surface area contributed by atoms with Crippen LogP contribution in [0, 0.1) is 0 Å². The number of carbonyl (C=O) groups excluding carboxylic acids is 2. The number of aromatic nitrogens is 1. The first-order valence-electron chi connectivity index (χ1n) is 7.15. The zero-order valence-corrected chi connectivity index (χ0v) is 12.2. The molecule has 23 heavy (non-hydrogen) atoms. The van der Waals surface area contributed by atoms with Gasteiger partial charge in [0.25, 0.3) is 11.5 Å². The predicted molar refractivity (Wildman–Crippen MR) is 74.8 cm³/mol. The van der Waals surface area contributed by atoms with Gasteiger partial charge in [0.1, 0.15) is 11.3 Å². The zero-order valence-electron chi connectivity index (χ0n) is 12.2. The molecular formula is C14H16F3N3O3. The van der Waals surface area contributed by atoms with Gasteiger partial charge >= 0.3 is 6.18 Å². The summed E-state index contributed by atoms with van der Waals surface area (Å²) < 4.78 is 37.3. The first-order valence-corrected chi connectivity index (χ1v) is 7.15. The minimum absolute atomic E-state index is 0.0792. The summed E-state index contributed by atoms with van der Waals surface area (Å²) in [6.45, 7) is 1.43. The van der Waals surface area contributed by atoms with Crippen molar-refractivity contribution in [1.29, 1.82) is 0 Å². The second kappa shape index (κ2) is 6.84. The van der Waals surface area contributed by atoms with Gasteiger partial charge < -0.3 is 15.2 Å². The van der Waals surface area contributed by atoms with E-state index in [4.69, 9.17) is 0 Å². The van der Waals surface area contributed by atoms with Crippen LogP contribution in [0.2, 0.25) is 0 Å². The van der Waals surface area contributed by atoms with Crippen molar-refractivity contribution >= 4 is 11.8 Å². The van der Waals surface area contributed by atoms with Crippen molar-refractivity contribution in [3.05, 3.63) is 33.7 Å². The predicted octanol–water partition coefficient (Wildman–Crippen LogP) is 1.14. The molecule has 0 atom stereocenters. The van der Waals surface area contributed by atoms with Crippen molar-refractivity contribution < 1.29 is 22.8 Å². The van der Waals surface area contributed by atoms with Crippen LogP contribution in [0.5, 0.6) is 0 Å². The molecule has 1 aromatic heterocycles. The fraction of sp³-hybridized carbons (Fsp3) is 0.500. The number of aromatic amines is 1. The summed E-state index contributed by atoms with van der Waals surface area (Å²) in [4.78, 5) is 38.1. The summed E-state index contributed by atoms with van der Waals surface area (Å²) >= 11 is 0. The van der Waals surface area contributed by atoms with E-state index in [2.05, 4.69) is 5.32 Å². The first kappa shape index (κ1) is 17.0. The largest absolute Gasteiger partial charge is 0.431 e. The van der Waals surface area contributed by atoms with Gasteiger partial charge in [0, 0.05) is 26.1 Å². The van der Waals surface area contributed by atoms with Gasteiger partial charge in [0.2, 0.25) is 5.91 Å². The Labute approximate surface area is 129 Å². The molecule has 2 amide bonds. The number of pyridine rings is 1. The molecule has 1 saturated heterocycles. The lowest BCUT2D eigenvalue weighted by Crippen LogP contribution is -2.33. The van der Waals surface area contributed by atoms with Crippen molar-refractivity contribution in [2.24, 2.45) is 0 Å². The number of amides is 2. The highest BCUT2D eigenvalue weighted by atomic mass is 19.4. The van der Waals surface area contributed by atoms with E-state index in [1.807, 2.05) is 0 Å². The smallest absolute Gasteiger partial charge is 0.352 e. The second-order valence-electron chi connectivity index (χ2n) is 5.21. The SMILES string of the molecule is O=C(NCCCN1CCCC1=O)c1ccc(C(F)(F)F)[nH]c1=O. The van der Waals surface area contributed by atoms with E-state index >= 15 is 0 Å². The molecule has 9 heteroatoms. The van der Waals surface area contributed by atoms with Gasteiger partial charge in [-0.1, -0.05) is 0 Å². The van der Waals surface area contributed by atoms with Gasteiger partial charge in [-0.25, -0.2) is 0 Å². The summed E-state index contributed by atoms with van der Waals surface area (Å²) in [5.74, 6) is -0.664. The number of nitrogens with zero attached hydrogens (tertiary/aromatic N) is 1. The lowest BCUT2D eigenvalue weighted by molar-refractivity contribution is -0.141. The molecule has 0 bridgehead atoms. The van der Waals surface area contributed by atoms with Crippen LogP contribution in [0.15, 0.2) is 16.9 Å². The maximum atomic E-state index is 12.4. The third-order valence-electron chi connectivity index (χ3n) is 3.52. The number of hydrogen-bond acceptors (Lipinski definition) is 3. The van der Waals surface area contributed by atoms with E-state index in [1.165, 1.54) is 0 Å². The molecule has 1 fully saturated rings. The Morgan fingerprint density at radius 1 is 1.30 bits per heavy atom. The summed E-state index contributed by atoms with van der Waals surface area (Å²) in [7, 11) is 0. The van der Waals surface area contributed by atoms with E-state index in [1.54, 1.807) is 9.88 Å². The summed E-state index contributed by atoms with van der Waals surface area (Å²) in [5.41, 5.74) is -2.67. The fourth-order valence-electron chi connectivity index (χ4n) is 2.33. The second-order valence-corrected chi connectivity index (χ2v) is 5.21. The third-order valence-corrected chi connectivity index (χ3v) is 3.52. The van der Waals surface area contributed by atoms with Crippen molar-refractivity contribution in [1.82, 2.24) is 15.2 Å². The molecule has 1 aliphatic rings. The molecule has 0 aliphatic carbocycles. The van der Waals surface area contributed by atoms with Crippen molar-refractivity contribution in [2.45, 2.75) is 25.4 Å². The number of likely N-dealkylation sites (tertiary alicyclic amines) is 1. The van der Waals surface area contributed by atoms with E-state index in [0.717, 1.165) is 12.5 Å². The van der Waals surface area contributed by atoms with Crippen molar-refractivity contribution in [3.63, 3.8) is 0 Å². The molecule has 2 N–H and O–H groups in total. The maximum absolute atomic E-state index is 12.4. The third kappa shape index (κ3) is 4.33. The maximum Gasteiger partial charge on any atom is 0.431 e. The Morgan fingerprint density at radius 3 is 2.61 bits per heavy atom. The standard InChI is InChI=1S/C14H16F3N3O3/c15-14(16,17)10-5-4-9(13(23)19-10)12(22)18-6-2-8-20-7-1-3-11(20)21/h4-5H,1-3,6-8H2,(H,18,22)(H,19,23). The van der Waals surface area contributed by atoms with Crippen LogP contribution in [0.1, 0.15) is 35.3 Å². The zero-order chi connectivity index (χ0) is 17.0. The molecule has 1 aromatic rings. The minimum Gasteiger partial charge on any atom is -0.352 e. The van der Waals surface area contributed by atoms with E-state index in [-0.39, 0.29) is 18.0 Å². The lowest BCUT2D eigenvalue weighted by Gasteiger charge is -2.15. The van der Waals surface area contributed by atoms with E-state index in [9.17, 15) is 27.6 Å².